The van der Waals surface area contributed by atoms with Crippen molar-refractivity contribution in [3.05, 3.63) is 0 Å². The summed E-state index contributed by atoms with van der Waals surface area (Å²) in [6.45, 7) is 14.0. The Balaban J connectivity index is 2.39. The zero-order valence-electron chi connectivity index (χ0n) is 13.3. The van der Waals surface area contributed by atoms with E-state index in [4.69, 9.17) is 4.74 Å². The third kappa shape index (κ3) is 5.39. The van der Waals surface area contributed by atoms with Gasteiger partial charge in [0.1, 0.15) is 5.60 Å². The number of likely N-dealkylation sites (tertiary alicyclic amines) is 1. The van der Waals surface area contributed by atoms with Gasteiger partial charge in [-0.1, -0.05) is 20.3 Å². The van der Waals surface area contributed by atoms with Crippen molar-refractivity contribution in [3.8, 4) is 0 Å². The number of hydrogen-bond acceptors (Lipinski definition) is 3. The van der Waals surface area contributed by atoms with Gasteiger partial charge in [0.2, 0.25) is 0 Å². The van der Waals surface area contributed by atoms with E-state index in [0.717, 1.165) is 19.5 Å². The molecule has 0 aromatic carbocycles. The maximum absolute atomic E-state index is 12.0. The van der Waals surface area contributed by atoms with Crippen LogP contribution in [0.4, 0.5) is 4.79 Å². The van der Waals surface area contributed by atoms with Gasteiger partial charge in [-0.05, 0) is 40.0 Å². The molecule has 4 nitrogen and oxygen atoms in total. The summed E-state index contributed by atoms with van der Waals surface area (Å²) >= 11 is 0. The summed E-state index contributed by atoms with van der Waals surface area (Å²) in [5.74, 6) is 0.663. The van der Waals surface area contributed by atoms with Crippen molar-refractivity contribution in [2.24, 2.45) is 5.92 Å². The van der Waals surface area contributed by atoms with Gasteiger partial charge >= 0.3 is 6.09 Å². The quantitative estimate of drug-likeness (QED) is 0.854. The van der Waals surface area contributed by atoms with Crippen LogP contribution in [0.1, 0.15) is 54.4 Å². The number of hydrogen-bond donors (Lipinski definition) is 1. The summed E-state index contributed by atoms with van der Waals surface area (Å²) in [4.78, 5) is 13.8. The molecule has 3 unspecified atom stereocenters. The lowest BCUT2D eigenvalue weighted by Crippen LogP contribution is -2.43. The molecule has 0 aliphatic carbocycles. The van der Waals surface area contributed by atoms with E-state index in [1.54, 1.807) is 0 Å². The average molecular weight is 270 g/mol. The highest BCUT2D eigenvalue weighted by Gasteiger charge is 2.30. The predicted octanol–water partition coefficient (Wildman–Crippen LogP) is 3.02. The first kappa shape index (κ1) is 16.3. The van der Waals surface area contributed by atoms with E-state index < -0.39 is 5.60 Å². The Morgan fingerprint density at radius 2 is 2.05 bits per heavy atom. The van der Waals surface area contributed by atoms with Crippen LogP contribution >= 0.6 is 0 Å². The van der Waals surface area contributed by atoms with Crippen molar-refractivity contribution in [1.82, 2.24) is 10.2 Å². The Bertz CT molecular complexity index is 299. The molecule has 0 aromatic rings. The topological polar surface area (TPSA) is 41.6 Å². The van der Waals surface area contributed by atoms with Crippen LogP contribution in [-0.2, 0) is 4.74 Å². The second-order valence-corrected chi connectivity index (χ2v) is 6.75. The molecule has 1 N–H and O–H groups in total. The Morgan fingerprint density at radius 3 is 2.58 bits per heavy atom. The minimum absolute atomic E-state index is 0.187. The molecular weight excluding hydrogens is 240 g/mol. The lowest BCUT2D eigenvalue weighted by atomic mass is 10.00. The molecule has 19 heavy (non-hydrogen) atoms. The van der Waals surface area contributed by atoms with Crippen molar-refractivity contribution in [2.75, 3.05) is 13.1 Å². The van der Waals surface area contributed by atoms with Gasteiger partial charge in [0.25, 0.3) is 0 Å². The maximum Gasteiger partial charge on any atom is 0.410 e. The molecule has 0 aromatic heterocycles. The Hall–Kier alpha value is -0.770. The van der Waals surface area contributed by atoms with E-state index in [2.05, 4.69) is 26.1 Å². The number of carbonyl (C=O) groups is 1. The lowest BCUT2D eigenvalue weighted by Gasteiger charge is -2.26. The number of nitrogens with zero attached hydrogens (tertiary/aromatic N) is 1. The second-order valence-electron chi connectivity index (χ2n) is 6.75. The Labute approximate surface area is 117 Å². The molecular formula is C15H30N2O2. The van der Waals surface area contributed by atoms with Gasteiger partial charge in [-0.15, -0.1) is 0 Å². The summed E-state index contributed by atoms with van der Waals surface area (Å²) < 4.78 is 5.40. The summed E-state index contributed by atoms with van der Waals surface area (Å²) in [5.41, 5.74) is -0.410. The maximum atomic E-state index is 12.0. The number of nitrogens with one attached hydrogen (secondary N) is 1. The first-order chi connectivity index (χ1) is 8.73. The molecule has 0 spiro atoms. The fourth-order valence-electron chi connectivity index (χ4n) is 2.28. The van der Waals surface area contributed by atoms with Crippen LogP contribution in [0.15, 0.2) is 0 Å². The van der Waals surface area contributed by atoms with Crippen LogP contribution in [0.25, 0.3) is 0 Å². The third-order valence-corrected chi connectivity index (χ3v) is 3.84. The summed E-state index contributed by atoms with van der Waals surface area (Å²) in [7, 11) is 0. The standard InChI is InChI=1S/C15H30N2O2/c1-7-11(2)12(3)16-13-8-9-17(10-13)14(18)19-15(4,5)6/h11-13,16H,7-10H2,1-6H3. The van der Waals surface area contributed by atoms with Gasteiger partial charge in [-0.3, -0.25) is 0 Å². The normalized spacial score (nSPS) is 23.3. The van der Waals surface area contributed by atoms with Gasteiger partial charge in [-0.2, -0.15) is 0 Å². The van der Waals surface area contributed by atoms with Gasteiger partial charge in [0.05, 0.1) is 0 Å². The average Bonchev–Trinajstić information content (AvgIpc) is 2.74. The van der Waals surface area contributed by atoms with E-state index in [9.17, 15) is 4.79 Å². The molecule has 1 heterocycles. The van der Waals surface area contributed by atoms with Gasteiger partial charge in [0.15, 0.2) is 0 Å². The van der Waals surface area contributed by atoms with Gasteiger partial charge in [-0.25, -0.2) is 4.79 Å². The molecule has 4 heteroatoms. The smallest absolute Gasteiger partial charge is 0.410 e. The van der Waals surface area contributed by atoms with Crippen LogP contribution in [0.2, 0.25) is 0 Å². The van der Waals surface area contributed by atoms with Crippen molar-refractivity contribution < 1.29 is 9.53 Å². The van der Waals surface area contributed by atoms with Crippen molar-refractivity contribution in [2.45, 2.75) is 72.1 Å². The molecule has 0 saturated carbocycles. The summed E-state index contributed by atoms with van der Waals surface area (Å²) in [5, 5.41) is 3.63. The van der Waals surface area contributed by atoms with Crippen LogP contribution in [0.3, 0.4) is 0 Å². The van der Waals surface area contributed by atoms with Crippen molar-refractivity contribution >= 4 is 6.09 Å². The van der Waals surface area contributed by atoms with Crippen LogP contribution in [0.5, 0.6) is 0 Å². The molecule has 1 fully saturated rings. The van der Waals surface area contributed by atoms with Crippen LogP contribution in [-0.4, -0.2) is 41.8 Å². The first-order valence-corrected chi connectivity index (χ1v) is 7.47. The summed E-state index contributed by atoms with van der Waals surface area (Å²) in [6.07, 6.45) is 2.00. The van der Waals surface area contributed by atoms with E-state index in [-0.39, 0.29) is 6.09 Å². The van der Waals surface area contributed by atoms with Gasteiger partial charge in [0, 0.05) is 25.2 Å². The zero-order valence-corrected chi connectivity index (χ0v) is 13.3. The molecule has 1 aliphatic rings. The monoisotopic (exact) mass is 270 g/mol. The van der Waals surface area contributed by atoms with E-state index in [1.807, 2.05) is 25.7 Å². The molecule has 1 saturated heterocycles. The molecule has 112 valence electrons. The predicted molar refractivity (Wildman–Crippen MR) is 78.3 cm³/mol. The minimum Gasteiger partial charge on any atom is -0.444 e. The highest BCUT2D eigenvalue weighted by atomic mass is 16.6. The number of rotatable bonds is 4. The highest BCUT2D eigenvalue weighted by molar-refractivity contribution is 5.68. The number of carbonyl (C=O) groups excluding carboxylic acids is 1. The molecule has 0 bridgehead atoms. The first-order valence-electron chi connectivity index (χ1n) is 7.47. The molecule has 0 radical (unpaired) electrons. The van der Waals surface area contributed by atoms with Crippen LogP contribution in [0, 0.1) is 5.92 Å². The Kier molecular flexibility index (Phi) is 5.65. The molecule has 1 amide bonds. The van der Waals surface area contributed by atoms with Crippen molar-refractivity contribution in [1.29, 1.82) is 0 Å². The second kappa shape index (κ2) is 6.60. The van der Waals surface area contributed by atoms with E-state index >= 15 is 0 Å². The molecule has 3 atom stereocenters. The summed E-state index contributed by atoms with van der Waals surface area (Å²) in [6, 6.07) is 0.894. The van der Waals surface area contributed by atoms with E-state index in [1.165, 1.54) is 6.42 Å². The molecule has 1 rings (SSSR count). The van der Waals surface area contributed by atoms with Crippen LogP contribution < -0.4 is 5.32 Å². The highest BCUT2D eigenvalue weighted by Crippen LogP contribution is 2.17. The lowest BCUT2D eigenvalue weighted by molar-refractivity contribution is 0.0290. The number of amides is 1. The van der Waals surface area contributed by atoms with Gasteiger partial charge < -0.3 is 15.0 Å². The minimum atomic E-state index is -0.410. The molecule has 1 aliphatic heterocycles. The zero-order chi connectivity index (χ0) is 14.6. The third-order valence-electron chi connectivity index (χ3n) is 3.84. The number of ether oxygens (including phenoxy) is 1. The Morgan fingerprint density at radius 1 is 1.42 bits per heavy atom. The SMILES string of the molecule is CCC(C)C(C)NC1CCN(C(=O)OC(C)(C)C)C1. The van der Waals surface area contributed by atoms with Crippen molar-refractivity contribution in [3.63, 3.8) is 0 Å². The fourth-order valence-corrected chi connectivity index (χ4v) is 2.28. The van der Waals surface area contributed by atoms with E-state index in [0.29, 0.717) is 18.0 Å². The largest absolute Gasteiger partial charge is 0.444 e. The fraction of sp³-hybridized carbons (Fsp3) is 0.933.